The zero-order valence-electron chi connectivity index (χ0n) is 18.4. The number of benzene rings is 1. The first kappa shape index (κ1) is 24.2. The van der Waals surface area contributed by atoms with Crippen molar-refractivity contribution in [3.8, 4) is 11.5 Å². The third-order valence-corrected chi connectivity index (χ3v) is 5.66. The Morgan fingerprint density at radius 1 is 1.30 bits per heavy atom. The lowest BCUT2D eigenvalue weighted by Gasteiger charge is -2.35. The highest BCUT2D eigenvalue weighted by molar-refractivity contribution is 5.70. The zero-order chi connectivity index (χ0) is 22.0. The smallest absolute Gasteiger partial charge is 0.308 e. The number of allylic oxidation sites excluding steroid dienone is 1. The van der Waals surface area contributed by atoms with E-state index in [2.05, 4.69) is 0 Å². The van der Waals surface area contributed by atoms with Gasteiger partial charge in [0.2, 0.25) is 0 Å². The minimum absolute atomic E-state index is 0.0407. The van der Waals surface area contributed by atoms with Gasteiger partial charge in [0.05, 0.1) is 39.0 Å². The van der Waals surface area contributed by atoms with Crippen LogP contribution in [0.15, 0.2) is 30.4 Å². The van der Waals surface area contributed by atoms with Crippen molar-refractivity contribution in [3.63, 3.8) is 0 Å². The van der Waals surface area contributed by atoms with E-state index >= 15 is 0 Å². The van der Waals surface area contributed by atoms with Crippen LogP contribution in [0.25, 0.3) is 0 Å². The summed E-state index contributed by atoms with van der Waals surface area (Å²) in [6.07, 6.45) is 8.65. The van der Waals surface area contributed by atoms with Crippen LogP contribution >= 0.6 is 0 Å². The van der Waals surface area contributed by atoms with Crippen LogP contribution in [0.4, 0.5) is 0 Å². The highest BCUT2D eigenvalue weighted by Crippen LogP contribution is 2.36. The number of carbonyl (C=O) groups is 1. The summed E-state index contributed by atoms with van der Waals surface area (Å²) in [5.74, 6) is 1.24. The fourth-order valence-electron chi connectivity index (χ4n) is 4.12. The number of aliphatic hydroxyl groups is 2. The summed E-state index contributed by atoms with van der Waals surface area (Å²) < 4.78 is 15.6. The molecule has 2 rings (SSSR count). The van der Waals surface area contributed by atoms with Crippen molar-refractivity contribution in [1.82, 2.24) is 0 Å². The van der Waals surface area contributed by atoms with Crippen molar-refractivity contribution < 1.29 is 29.2 Å². The second kappa shape index (κ2) is 12.0. The lowest BCUT2D eigenvalue weighted by Crippen LogP contribution is -2.37. The number of hydrogen-bond acceptors (Lipinski definition) is 6. The Hall–Kier alpha value is -2.05. The van der Waals surface area contributed by atoms with Crippen LogP contribution in [-0.4, -0.2) is 48.7 Å². The molecule has 1 aromatic carbocycles. The van der Waals surface area contributed by atoms with E-state index in [-0.39, 0.29) is 18.3 Å². The van der Waals surface area contributed by atoms with Gasteiger partial charge in [-0.15, -0.1) is 0 Å². The Bertz CT molecular complexity index is 701. The predicted molar refractivity (Wildman–Crippen MR) is 116 cm³/mol. The first-order valence-corrected chi connectivity index (χ1v) is 10.8. The molecular formula is C24H36O6. The van der Waals surface area contributed by atoms with Crippen LogP contribution in [0.2, 0.25) is 0 Å². The van der Waals surface area contributed by atoms with Crippen molar-refractivity contribution in [2.75, 3.05) is 20.8 Å². The number of rotatable bonds is 11. The van der Waals surface area contributed by atoms with Gasteiger partial charge in [0.15, 0.2) is 11.5 Å². The van der Waals surface area contributed by atoms with Crippen molar-refractivity contribution in [2.24, 2.45) is 5.92 Å². The quantitative estimate of drug-likeness (QED) is 0.418. The number of carbonyl (C=O) groups excluding carboxylic acids is 1. The molecule has 30 heavy (non-hydrogen) atoms. The summed E-state index contributed by atoms with van der Waals surface area (Å²) in [6.45, 7) is 2.09. The van der Waals surface area contributed by atoms with Gasteiger partial charge in [-0.2, -0.15) is 0 Å². The van der Waals surface area contributed by atoms with Gasteiger partial charge in [-0.05, 0) is 75.5 Å². The molecule has 0 heterocycles. The molecule has 168 valence electrons. The van der Waals surface area contributed by atoms with Crippen molar-refractivity contribution in [2.45, 2.75) is 70.0 Å². The Morgan fingerprint density at radius 3 is 2.77 bits per heavy atom. The molecule has 1 saturated carbocycles. The minimum atomic E-state index is -1.00. The maximum atomic E-state index is 11.7. The van der Waals surface area contributed by atoms with E-state index in [4.69, 9.17) is 14.2 Å². The summed E-state index contributed by atoms with van der Waals surface area (Å²) in [5, 5.41) is 21.1. The highest BCUT2D eigenvalue weighted by Gasteiger charge is 2.35. The number of aliphatic hydroxyl groups excluding tert-OH is 1. The molecule has 2 N–H and O–H groups in total. The molecule has 1 aliphatic carbocycles. The van der Waals surface area contributed by atoms with Crippen molar-refractivity contribution in [1.29, 1.82) is 0 Å². The largest absolute Gasteiger partial charge is 0.493 e. The average molecular weight is 421 g/mol. The molecule has 1 aromatic rings. The predicted octanol–water partition coefficient (Wildman–Crippen LogP) is 3.82. The lowest BCUT2D eigenvalue weighted by atomic mass is 9.76. The molecule has 0 amide bonds. The van der Waals surface area contributed by atoms with E-state index in [9.17, 15) is 15.0 Å². The van der Waals surface area contributed by atoms with Gasteiger partial charge < -0.3 is 24.4 Å². The molecule has 0 spiro atoms. The first-order chi connectivity index (χ1) is 14.4. The number of ether oxygens (including phenoxy) is 3. The van der Waals surface area contributed by atoms with Gasteiger partial charge in [0, 0.05) is 0 Å². The molecule has 0 bridgehead atoms. The molecule has 0 radical (unpaired) electrons. The SMILES string of the molecule is CCOC(=O)CC1(O)CCCC(/C=C/C(O)CCCc2ccc(OC)c(OC)c2)C1. The van der Waals surface area contributed by atoms with Crippen LogP contribution < -0.4 is 9.47 Å². The molecule has 3 atom stereocenters. The lowest BCUT2D eigenvalue weighted by molar-refractivity contribution is -0.150. The third kappa shape index (κ3) is 7.65. The van der Waals surface area contributed by atoms with Crippen molar-refractivity contribution in [3.05, 3.63) is 35.9 Å². The molecule has 0 saturated heterocycles. The number of hydrogen-bond donors (Lipinski definition) is 2. The summed E-state index contributed by atoms with van der Waals surface area (Å²) in [5.41, 5.74) is 0.137. The van der Waals surface area contributed by atoms with Crippen LogP contribution in [0.1, 0.15) is 57.4 Å². The summed E-state index contributed by atoms with van der Waals surface area (Å²) >= 11 is 0. The fraction of sp³-hybridized carbons (Fsp3) is 0.625. The Balaban J connectivity index is 1.78. The van der Waals surface area contributed by atoms with Gasteiger partial charge in [0.25, 0.3) is 0 Å². The van der Waals surface area contributed by atoms with Crippen LogP contribution in [0.3, 0.4) is 0 Å². The summed E-state index contributed by atoms with van der Waals surface area (Å²) in [4.78, 5) is 11.7. The Labute approximate surface area is 179 Å². The molecule has 1 aliphatic rings. The molecule has 6 nitrogen and oxygen atoms in total. The molecule has 0 aliphatic heterocycles. The van der Waals surface area contributed by atoms with Crippen LogP contribution in [0.5, 0.6) is 11.5 Å². The molecular weight excluding hydrogens is 384 g/mol. The maximum Gasteiger partial charge on any atom is 0.308 e. The third-order valence-electron chi connectivity index (χ3n) is 5.66. The number of methoxy groups -OCH3 is 2. The number of esters is 1. The highest BCUT2D eigenvalue weighted by atomic mass is 16.5. The molecule has 1 fully saturated rings. The molecule has 0 aromatic heterocycles. The Kier molecular flexibility index (Phi) is 9.66. The minimum Gasteiger partial charge on any atom is -0.493 e. The maximum absolute atomic E-state index is 11.7. The van der Waals surface area contributed by atoms with Crippen LogP contribution in [0, 0.1) is 5.92 Å². The van der Waals surface area contributed by atoms with Crippen molar-refractivity contribution >= 4 is 5.97 Å². The van der Waals surface area contributed by atoms with Gasteiger partial charge in [0.1, 0.15) is 0 Å². The van der Waals surface area contributed by atoms with E-state index < -0.39 is 11.7 Å². The van der Waals surface area contributed by atoms with E-state index in [1.165, 1.54) is 0 Å². The zero-order valence-corrected chi connectivity index (χ0v) is 18.4. The van der Waals surface area contributed by atoms with Gasteiger partial charge in [-0.1, -0.05) is 18.2 Å². The van der Waals surface area contributed by atoms with E-state index in [1.807, 2.05) is 30.4 Å². The van der Waals surface area contributed by atoms with Crippen LogP contribution in [-0.2, 0) is 16.0 Å². The second-order valence-corrected chi connectivity index (χ2v) is 8.10. The average Bonchev–Trinajstić information content (AvgIpc) is 2.72. The van der Waals surface area contributed by atoms with E-state index in [0.29, 0.717) is 37.4 Å². The first-order valence-electron chi connectivity index (χ1n) is 10.8. The number of aryl methyl sites for hydroxylation is 1. The summed E-state index contributed by atoms with van der Waals surface area (Å²) in [6, 6.07) is 5.87. The topological polar surface area (TPSA) is 85.2 Å². The molecule has 6 heteroatoms. The van der Waals surface area contributed by atoms with E-state index in [1.54, 1.807) is 21.1 Å². The van der Waals surface area contributed by atoms with Gasteiger partial charge in [-0.3, -0.25) is 4.79 Å². The second-order valence-electron chi connectivity index (χ2n) is 8.10. The standard InChI is InChI=1S/C24H36O6/c1-4-30-23(26)17-24(27)14-6-8-19(16-24)10-12-20(25)9-5-7-18-11-13-21(28-2)22(15-18)29-3/h10-13,15,19-20,25,27H,4-9,14,16-17H2,1-3H3/b12-10+. The fourth-order valence-corrected chi connectivity index (χ4v) is 4.12. The molecule has 3 unspecified atom stereocenters. The Morgan fingerprint density at radius 2 is 2.07 bits per heavy atom. The van der Waals surface area contributed by atoms with E-state index in [0.717, 1.165) is 31.2 Å². The van der Waals surface area contributed by atoms with Gasteiger partial charge in [-0.25, -0.2) is 0 Å². The van der Waals surface area contributed by atoms with Gasteiger partial charge >= 0.3 is 5.97 Å². The normalized spacial score (nSPS) is 22.6. The summed E-state index contributed by atoms with van der Waals surface area (Å²) in [7, 11) is 3.24. The monoisotopic (exact) mass is 420 g/mol.